The second-order valence-corrected chi connectivity index (χ2v) is 8.43. The number of nitrogens with one attached hydrogen (secondary N) is 2. The summed E-state index contributed by atoms with van der Waals surface area (Å²) in [6.07, 6.45) is 2.33. The molecule has 4 aromatic rings. The van der Waals surface area contributed by atoms with Crippen LogP contribution in [0.1, 0.15) is 16.8 Å². The van der Waals surface area contributed by atoms with Crippen LogP contribution in [0, 0.1) is 6.92 Å². The molecule has 0 saturated heterocycles. The van der Waals surface area contributed by atoms with Gasteiger partial charge in [0.2, 0.25) is 5.91 Å². The molecule has 1 amide bonds. The maximum absolute atomic E-state index is 13.4. The number of benzene rings is 2. The quantitative estimate of drug-likeness (QED) is 0.268. The number of nitrogens with zero attached hydrogens (tertiary/aromatic N) is 3. The molecule has 2 aromatic heterocycles. The SMILES string of the molecule is Cc1nc(N)ccc1CNC(=O)Cn1c(-c2ccc(N)cc2)cnc(NCCc2ccccc2)c1=O. The predicted octanol–water partition coefficient (Wildman–Crippen LogP) is 2.75. The fourth-order valence-electron chi connectivity index (χ4n) is 3.81. The lowest BCUT2D eigenvalue weighted by Gasteiger charge is -2.15. The van der Waals surface area contributed by atoms with E-state index < -0.39 is 0 Å². The summed E-state index contributed by atoms with van der Waals surface area (Å²) in [5, 5.41) is 5.98. The number of nitrogen functional groups attached to an aromatic ring is 2. The molecule has 0 saturated carbocycles. The van der Waals surface area contributed by atoms with Crippen LogP contribution in [0.4, 0.5) is 17.3 Å². The van der Waals surface area contributed by atoms with Gasteiger partial charge in [0.1, 0.15) is 12.4 Å². The summed E-state index contributed by atoms with van der Waals surface area (Å²) in [5.41, 5.74) is 15.8. The molecule has 184 valence electrons. The van der Waals surface area contributed by atoms with Gasteiger partial charge in [-0.1, -0.05) is 48.5 Å². The molecule has 0 radical (unpaired) electrons. The number of rotatable bonds is 9. The first-order valence-electron chi connectivity index (χ1n) is 11.6. The lowest BCUT2D eigenvalue weighted by atomic mass is 10.1. The van der Waals surface area contributed by atoms with Crippen molar-refractivity contribution in [3.63, 3.8) is 0 Å². The van der Waals surface area contributed by atoms with E-state index in [9.17, 15) is 9.59 Å². The zero-order chi connectivity index (χ0) is 25.5. The van der Waals surface area contributed by atoms with Crippen molar-refractivity contribution in [1.82, 2.24) is 19.9 Å². The van der Waals surface area contributed by atoms with Gasteiger partial charge in [-0.05, 0) is 48.2 Å². The van der Waals surface area contributed by atoms with E-state index in [-0.39, 0.29) is 30.4 Å². The average Bonchev–Trinajstić information content (AvgIpc) is 2.87. The number of hydrogen-bond acceptors (Lipinski definition) is 7. The van der Waals surface area contributed by atoms with Crippen molar-refractivity contribution >= 4 is 23.2 Å². The number of nitrogens with two attached hydrogens (primary N) is 2. The maximum atomic E-state index is 13.4. The summed E-state index contributed by atoms with van der Waals surface area (Å²) < 4.78 is 1.42. The highest BCUT2D eigenvalue weighted by Gasteiger charge is 2.15. The Morgan fingerprint density at radius 1 is 1.00 bits per heavy atom. The molecule has 2 aromatic carbocycles. The predicted molar refractivity (Wildman–Crippen MR) is 142 cm³/mol. The zero-order valence-corrected chi connectivity index (χ0v) is 20.1. The van der Waals surface area contributed by atoms with E-state index in [0.717, 1.165) is 28.8 Å². The number of hydrogen-bond donors (Lipinski definition) is 4. The van der Waals surface area contributed by atoms with Gasteiger partial charge in [-0.2, -0.15) is 0 Å². The van der Waals surface area contributed by atoms with Gasteiger partial charge in [0, 0.05) is 24.5 Å². The van der Waals surface area contributed by atoms with Crippen LogP contribution in [0.25, 0.3) is 11.3 Å². The number of carbonyl (C=O) groups is 1. The monoisotopic (exact) mass is 483 g/mol. The highest BCUT2D eigenvalue weighted by molar-refractivity contribution is 5.77. The first kappa shape index (κ1) is 24.5. The molecular formula is C27H29N7O2. The molecule has 36 heavy (non-hydrogen) atoms. The van der Waals surface area contributed by atoms with Crippen molar-refractivity contribution in [2.24, 2.45) is 0 Å². The highest BCUT2D eigenvalue weighted by Crippen LogP contribution is 2.20. The summed E-state index contributed by atoms with van der Waals surface area (Å²) in [7, 11) is 0. The fraction of sp³-hybridized carbons (Fsp3) is 0.185. The number of aryl methyl sites for hydroxylation is 1. The number of amides is 1. The Morgan fingerprint density at radius 2 is 1.75 bits per heavy atom. The third-order valence-corrected chi connectivity index (χ3v) is 5.80. The highest BCUT2D eigenvalue weighted by atomic mass is 16.2. The Bertz CT molecular complexity index is 1400. The molecule has 0 atom stereocenters. The van der Waals surface area contributed by atoms with Crippen LogP contribution in [0.2, 0.25) is 0 Å². The minimum absolute atomic E-state index is 0.171. The Morgan fingerprint density at radius 3 is 2.47 bits per heavy atom. The van der Waals surface area contributed by atoms with Crippen LogP contribution in [-0.2, 0) is 24.3 Å². The van der Waals surface area contributed by atoms with Crippen LogP contribution >= 0.6 is 0 Å². The fourth-order valence-corrected chi connectivity index (χ4v) is 3.81. The largest absolute Gasteiger partial charge is 0.399 e. The lowest BCUT2D eigenvalue weighted by molar-refractivity contribution is -0.121. The Hall–Kier alpha value is -4.66. The molecule has 0 spiro atoms. The third kappa shape index (κ3) is 6.06. The van der Waals surface area contributed by atoms with Crippen LogP contribution < -0.4 is 27.7 Å². The maximum Gasteiger partial charge on any atom is 0.294 e. The van der Waals surface area contributed by atoms with E-state index in [4.69, 9.17) is 11.5 Å². The molecule has 4 rings (SSSR count). The number of carbonyl (C=O) groups excluding carboxylic acids is 1. The second kappa shape index (κ2) is 11.2. The normalized spacial score (nSPS) is 10.7. The van der Waals surface area contributed by atoms with Gasteiger partial charge in [0.25, 0.3) is 5.56 Å². The number of pyridine rings is 1. The third-order valence-electron chi connectivity index (χ3n) is 5.80. The molecule has 9 heteroatoms. The zero-order valence-electron chi connectivity index (χ0n) is 20.1. The number of anilines is 3. The van der Waals surface area contributed by atoms with Crippen molar-refractivity contribution in [3.8, 4) is 11.3 Å². The van der Waals surface area contributed by atoms with E-state index in [1.54, 1.807) is 36.5 Å². The van der Waals surface area contributed by atoms with Gasteiger partial charge >= 0.3 is 0 Å². The van der Waals surface area contributed by atoms with Crippen molar-refractivity contribution in [1.29, 1.82) is 0 Å². The van der Waals surface area contributed by atoms with Crippen molar-refractivity contribution in [3.05, 3.63) is 100 Å². The first-order chi connectivity index (χ1) is 17.4. The van der Waals surface area contributed by atoms with Gasteiger partial charge in [0.15, 0.2) is 5.82 Å². The van der Waals surface area contributed by atoms with Crippen molar-refractivity contribution in [2.75, 3.05) is 23.3 Å². The van der Waals surface area contributed by atoms with Crippen molar-refractivity contribution < 1.29 is 4.79 Å². The van der Waals surface area contributed by atoms with Gasteiger partial charge in [-0.3, -0.25) is 14.2 Å². The molecule has 0 bridgehead atoms. The molecule has 9 nitrogen and oxygen atoms in total. The van der Waals surface area contributed by atoms with Crippen LogP contribution in [0.3, 0.4) is 0 Å². The summed E-state index contributed by atoms with van der Waals surface area (Å²) in [6, 6.07) is 20.6. The summed E-state index contributed by atoms with van der Waals surface area (Å²) in [4.78, 5) is 34.8. The molecule has 0 aliphatic carbocycles. The molecule has 2 heterocycles. The lowest BCUT2D eigenvalue weighted by Crippen LogP contribution is -2.34. The van der Waals surface area contributed by atoms with Gasteiger partial charge in [-0.15, -0.1) is 0 Å². The Labute approximate surface area is 209 Å². The van der Waals surface area contributed by atoms with E-state index in [1.807, 2.05) is 43.3 Å². The number of aromatic nitrogens is 3. The second-order valence-electron chi connectivity index (χ2n) is 8.43. The smallest absolute Gasteiger partial charge is 0.294 e. The molecule has 0 unspecified atom stereocenters. The molecule has 0 aliphatic rings. The van der Waals surface area contributed by atoms with Gasteiger partial charge in [0.05, 0.1) is 11.9 Å². The van der Waals surface area contributed by atoms with Gasteiger partial charge < -0.3 is 22.1 Å². The average molecular weight is 484 g/mol. The molecule has 0 aliphatic heterocycles. The summed E-state index contributed by atoms with van der Waals surface area (Å²) >= 11 is 0. The van der Waals surface area contributed by atoms with E-state index in [0.29, 0.717) is 23.7 Å². The van der Waals surface area contributed by atoms with Crippen LogP contribution in [0.15, 0.2) is 77.7 Å². The molecular weight excluding hydrogens is 454 g/mol. The minimum atomic E-state index is -0.377. The van der Waals surface area contributed by atoms with E-state index in [1.165, 1.54) is 4.57 Å². The summed E-state index contributed by atoms with van der Waals surface area (Å²) in [5.74, 6) is 0.300. The molecule has 0 fully saturated rings. The topological polar surface area (TPSA) is 141 Å². The van der Waals surface area contributed by atoms with Gasteiger partial charge in [-0.25, -0.2) is 9.97 Å². The first-order valence-corrected chi connectivity index (χ1v) is 11.6. The minimum Gasteiger partial charge on any atom is -0.399 e. The van der Waals surface area contributed by atoms with Crippen LogP contribution in [-0.4, -0.2) is 27.0 Å². The van der Waals surface area contributed by atoms with Crippen molar-refractivity contribution in [2.45, 2.75) is 26.4 Å². The molecule has 6 N–H and O–H groups in total. The van der Waals surface area contributed by atoms with Crippen LogP contribution in [0.5, 0.6) is 0 Å². The summed E-state index contributed by atoms with van der Waals surface area (Å²) in [6.45, 7) is 2.47. The van der Waals surface area contributed by atoms with E-state index in [2.05, 4.69) is 20.6 Å². The standard InChI is InChI=1S/C27H29N7O2/c1-18-21(9-12-24(29)33-18)15-31-25(35)17-34-23(20-7-10-22(28)11-8-20)16-32-26(27(34)36)30-14-13-19-5-3-2-4-6-19/h2-12,16H,13-15,17,28H2,1H3,(H2,29,33)(H,30,32)(H,31,35). The van der Waals surface area contributed by atoms with E-state index >= 15 is 0 Å². The Kier molecular flexibility index (Phi) is 7.60. The Balaban J connectivity index is 1.55.